The highest BCUT2D eigenvalue weighted by atomic mass is 35.5. The van der Waals surface area contributed by atoms with Gasteiger partial charge in [-0.3, -0.25) is 0 Å². The van der Waals surface area contributed by atoms with E-state index < -0.39 is 0 Å². The topological polar surface area (TPSA) is 32.6 Å². The van der Waals surface area contributed by atoms with Crippen molar-refractivity contribution in [2.45, 2.75) is 12.8 Å². The number of benzene rings is 1. The van der Waals surface area contributed by atoms with Crippen molar-refractivity contribution >= 4 is 28.6 Å². The van der Waals surface area contributed by atoms with E-state index in [4.69, 9.17) is 11.6 Å². The van der Waals surface area contributed by atoms with E-state index in [2.05, 4.69) is 5.16 Å². The first-order chi connectivity index (χ1) is 8.29. The van der Waals surface area contributed by atoms with Crippen molar-refractivity contribution in [3.05, 3.63) is 56.2 Å². The predicted molar refractivity (Wildman–Crippen MR) is 70.6 cm³/mol. The molecule has 2 nitrogen and oxygen atoms in total. The average Bonchev–Trinajstić information content (AvgIpc) is 2.72. The van der Waals surface area contributed by atoms with E-state index in [0.29, 0.717) is 10.7 Å². The second kappa shape index (κ2) is 4.17. The fourth-order valence-electron chi connectivity index (χ4n) is 2.23. The number of halogens is 1. The van der Waals surface area contributed by atoms with Gasteiger partial charge in [-0.15, -0.1) is 11.3 Å². The van der Waals surface area contributed by atoms with Crippen LogP contribution in [-0.4, -0.2) is 10.9 Å². The Morgan fingerprint density at radius 3 is 2.88 bits per heavy atom. The van der Waals surface area contributed by atoms with Crippen molar-refractivity contribution in [1.29, 1.82) is 0 Å². The number of fused-ring (bicyclic) bond motifs is 2. The quantitative estimate of drug-likeness (QED) is 0.570. The van der Waals surface area contributed by atoms with Crippen molar-refractivity contribution in [1.82, 2.24) is 0 Å². The van der Waals surface area contributed by atoms with Gasteiger partial charge in [0.25, 0.3) is 0 Å². The molecule has 1 N–H and O–H groups in total. The van der Waals surface area contributed by atoms with Gasteiger partial charge in [-0.2, -0.15) is 0 Å². The Bertz CT molecular complexity index is 603. The summed E-state index contributed by atoms with van der Waals surface area (Å²) in [6, 6.07) is 7.78. The molecule has 1 aromatic heterocycles. The highest BCUT2D eigenvalue weighted by Gasteiger charge is 2.21. The van der Waals surface area contributed by atoms with E-state index in [1.165, 1.54) is 10.4 Å². The number of nitrogens with zero attached hydrogens (tertiary/aromatic N) is 1. The lowest BCUT2D eigenvalue weighted by Gasteiger charge is -2.07. The summed E-state index contributed by atoms with van der Waals surface area (Å²) in [5.41, 5.74) is 3.79. The lowest BCUT2D eigenvalue weighted by atomic mass is 10.00. The summed E-state index contributed by atoms with van der Waals surface area (Å²) in [5, 5.41) is 15.4. The number of oxime groups is 1. The molecule has 86 valence electrons. The van der Waals surface area contributed by atoms with Crippen molar-refractivity contribution in [3.63, 3.8) is 0 Å². The van der Waals surface area contributed by atoms with Crippen molar-refractivity contribution < 1.29 is 5.21 Å². The molecule has 0 spiro atoms. The molecule has 0 radical (unpaired) electrons. The first-order valence-electron chi connectivity index (χ1n) is 5.37. The number of hydrogen-bond acceptors (Lipinski definition) is 3. The van der Waals surface area contributed by atoms with Gasteiger partial charge in [0.05, 0.1) is 0 Å². The van der Waals surface area contributed by atoms with E-state index >= 15 is 0 Å². The zero-order valence-electron chi connectivity index (χ0n) is 8.98. The molecule has 1 aromatic carbocycles. The molecule has 1 aliphatic carbocycles. The normalized spacial score (nSPS) is 16.4. The van der Waals surface area contributed by atoms with Crippen molar-refractivity contribution in [2.24, 2.45) is 5.16 Å². The molecule has 17 heavy (non-hydrogen) atoms. The number of rotatable bonds is 0. The highest BCUT2D eigenvalue weighted by Crippen LogP contribution is 2.29. The van der Waals surface area contributed by atoms with Gasteiger partial charge in [0, 0.05) is 21.0 Å². The highest BCUT2D eigenvalue weighted by molar-refractivity contribution is 7.10. The maximum Gasteiger partial charge on any atom is 0.118 e. The van der Waals surface area contributed by atoms with Crippen LogP contribution in [0.5, 0.6) is 0 Å². The first-order valence-corrected chi connectivity index (χ1v) is 6.63. The standard InChI is InChI=1S/C13H10ClNOS/c14-9-3-1-8-2-4-12-10(5-6-17-12)13(15-16)11(8)7-9/h1,3,5-7,16H,2,4H2. The van der Waals surface area contributed by atoms with Crippen LogP contribution in [0.4, 0.5) is 0 Å². The molecule has 3 rings (SSSR count). The Labute approximate surface area is 108 Å². The SMILES string of the molecule is ON=C1c2cc(Cl)ccc2CCc2sccc21. The molecule has 1 heterocycles. The Hall–Kier alpha value is -1.32. The lowest BCUT2D eigenvalue weighted by Crippen LogP contribution is -2.04. The third-order valence-electron chi connectivity index (χ3n) is 3.05. The van der Waals surface area contributed by atoms with Crippen molar-refractivity contribution in [3.8, 4) is 0 Å². The molecule has 2 aromatic rings. The predicted octanol–water partition coefficient (Wildman–Crippen LogP) is 3.73. The second-order valence-corrected chi connectivity index (χ2v) is 5.44. The Balaban J connectivity index is 2.26. The molecule has 0 saturated carbocycles. The number of aryl methyl sites for hydroxylation is 2. The Morgan fingerprint density at radius 1 is 1.18 bits per heavy atom. The molecule has 0 unspecified atom stereocenters. The van der Waals surface area contributed by atoms with E-state index in [1.807, 2.05) is 29.6 Å². The van der Waals surface area contributed by atoms with Crippen LogP contribution >= 0.6 is 22.9 Å². The van der Waals surface area contributed by atoms with Crippen LogP contribution in [0, 0.1) is 0 Å². The van der Waals surface area contributed by atoms with E-state index in [-0.39, 0.29) is 0 Å². The van der Waals surface area contributed by atoms with Crippen LogP contribution in [0.1, 0.15) is 21.6 Å². The Morgan fingerprint density at radius 2 is 2.06 bits per heavy atom. The van der Waals surface area contributed by atoms with Gasteiger partial charge in [0.15, 0.2) is 0 Å². The molecule has 0 bridgehead atoms. The van der Waals surface area contributed by atoms with Crippen LogP contribution in [0.25, 0.3) is 0 Å². The summed E-state index contributed by atoms with van der Waals surface area (Å²) in [7, 11) is 0. The molecular weight excluding hydrogens is 254 g/mol. The summed E-state index contributed by atoms with van der Waals surface area (Å²) < 4.78 is 0. The van der Waals surface area contributed by atoms with E-state index in [9.17, 15) is 5.21 Å². The zero-order chi connectivity index (χ0) is 11.8. The average molecular weight is 264 g/mol. The van der Waals surface area contributed by atoms with Crippen LogP contribution in [-0.2, 0) is 12.8 Å². The summed E-state index contributed by atoms with van der Waals surface area (Å²) in [6.45, 7) is 0. The summed E-state index contributed by atoms with van der Waals surface area (Å²) in [5.74, 6) is 0. The van der Waals surface area contributed by atoms with Gasteiger partial charge in [-0.25, -0.2) is 0 Å². The van der Waals surface area contributed by atoms with Gasteiger partial charge in [0.2, 0.25) is 0 Å². The van der Waals surface area contributed by atoms with Crippen LogP contribution in [0.2, 0.25) is 5.02 Å². The fourth-order valence-corrected chi connectivity index (χ4v) is 3.29. The van der Waals surface area contributed by atoms with Gasteiger partial charge in [0.1, 0.15) is 5.71 Å². The lowest BCUT2D eigenvalue weighted by molar-refractivity contribution is 0.319. The van der Waals surface area contributed by atoms with Crippen LogP contribution in [0.3, 0.4) is 0 Å². The summed E-state index contributed by atoms with van der Waals surface area (Å²) in [4.78, 5) is 1.27. The number of hydrogen-bond donors (Lipinski definition) is 1. The maximum atomic E-state index is 9.27. The Kier molecular flexibility index (Phi) is 2.65. The minimum Gasteiger partial charge on any atom is -0.410 e. The molecule has 1 aliphatic rings. The van der Waals surface area contributed by atoms with Gasteiger partial charge in [-0.1, -0.05) is 22.8 Å². The minimum atomic E-state index is 0.635. The minimum absolute atomic E-state index is 0.635. The largest absolute Gasteiger partial charge is 0.410 e. The molecule has 0 fully saturated rings. The molecule has 0 aliphatic heterocycles. The maximum absolute atomic E-state index is 9.27. The third kappa shape index (κ3) is 1.75. The summed E-state index contributed by atoms with van der Waals surface area (Å²) >= 11 is 7.73. The van der Waals surface area contributed by atoms with Gasteiger partial charge < -0.3 is 5.21 Å². The van der Waals surface area contributed by atoms with Crippen LogP contribution < -0.4 is 0 Å². The van der Waals surface area contributed by atoms with Crippen LogP contribution in [0.15, 0.2) is 34.8 Å². The third-order valence-corrected chi connectivity index (χ3v) is 4.26. The first kappa shape index (κ1) is 10.8. The molecular formula is C13H10ClNOS. The monoisotopic (exact) mass is 263 g/mol. The van der Waals surface area contributed by atoms with Gasteiger partial charge >= 0.3 is 0 Å². The molecule has 0 saturated heterocycles. The molecule has 0 amide bonds. The van der Waals surface area contributed by atoms with E-state index in [0.717, 1.165) is 24.0 Å². The smallest absolute Gasteiger partial charge is 0.118 e. The molecule has 0 atom stereocenters. The second-order valence-electron chi connectivity index (χ2n) is 4.01. The van der Waals surface area contributed by atoms with Gasteiger partial charge in [-0.05, 0) is 42.0 Å². The number of thiophene rings is 1. The molecule has 4 heteroatoms. The zero-order valence-corrected chi connectivity index (χ0v) is 10.6. The van der Waals surface area contributed by atoms with E-state index in [1.54, 1.807) is 11.3 Å². The van der Waals surface area contributed by atoms with Crippen molar-refractivity contribution in [2.75, 3.05) is 0 Å². The fraction of sp³-hybridized carbons (Fsp3) is 0.154. The summed E-state index contributed by atoms with van der Waals surface area (Å²) in [6.07, 6.45) is 1.94.